The second kappa shape index (κ2) is 6.28. The molecule has 1 aromatic rings. The van der Waals surface area contributed by atoms with E-state index in [0.717, 1.165) is 25.0 Å². The van der Waals surface area contributed by atoms with Gasteiger partial charge in [0.25, 0.3) is 5.56 Å². The summed E-state index contributed by atoms with van der Waals surface area (Å²) in [5.74, 6) is 1.19. The first kappa shape index (κ1) is 16.2. The van der Waals surface area contributed by atoms with Crippen molar-refractivity contribution < 1.29 is 5.11 Å². The van der Waals surface area contributed by atoms with Crippen LogP contribution in [0.2, 0.25) is 0 Å². The fraction of sp³-hybridized carbons (Fsp3) is 0.750. The molecule has 0 bridgehead atoms. The van der Waals surface area contributed by atoms with Crippen LogP contribution in [-0.4, -0.2) is 27.2 Å². The van der Waals surface area contributed by atoms with Crippen LogP contribution in [0.3, 0.4) is 0 Å². The zero-order valence-electron chi connectivity index (χ0n) is 13.5. The minimum absolute atomic E-state index is 0.0935. The third kappa shape index (κ3) is 3.92. The minimum atomic E-state index is -0.648. The molecule has 1 aliphatic carbocycles. The van der Waals surface area contributed by atoms with E-state index in [-0.39, 0.29) is 11.6 Å². The Hall–Kier alpha value is -1.20. The highest BCUT2D eigenvalue weighted by Gasteiger charge is 2.32. The Kier molecular flexibility index (Phi) is 4.84. The van der Waals surface area contributed by atoms with Crippen LogP contribution in [0.15, 0.2) is 4.79 Å². The lowest BCUT2D eigenvalue weighted by Crippen LogP contribution is -2.45. The lowest BCUT2D eigenvalue weighted by molar-refractivity contribution is -0.0134. The second-order valence-corrected chi connectivity index (χ2v) is 6.68. The summed E-state index contributed by atoms with van der Waals surface area (Å²) in [5.41, 5.74) is 0.669. The number of hydrogen-bond donors (Lipinski definition) is 3. The number of aromatic nitrogens is 2. The Morgan fingerprint density at radius 2 is 2.24 bits per heavy atom. The molecule has 0 aromatic carbocycles. The summed E-state index contributed by atoms with van der Waals surface area (Å²) in [4.78, 5) is 19.2. The molecule has 0 saturated heterocycles. The van der Waals surface area contributed by atoms with E-state index in [1.807, 2.05) is 13.8 Å². The smallest absolute Gasteiger partial charge is 0.255 e. The SMILES string of the molecule is Cc1nc(C)c(C(C)NCC2(O)CCCC(C)C2)c(=O)[nH]1. The second-order valence-electron chi connectivity index (χ2n) is 6.68. The number of aliphatic hydroxyl groups is 1. The molecule has 1 fully saturated rings. The summed E-state index contributed by atoms with van der Waals surface area (Å²) in [6.45, 7) is 8.29. The maximum absolute atomic E-state index is 12.1. The van der Waals surface area contributed by atoms with Gasteiger partial charge in [-0.2, -0.15) is 0 Å². The summed E-state index contributed by atoms with van der Waals surface area (Å²) in [6.07, 6.45) is 3.92. The normalized spacial score (nSPS) is 27.6. The summed E-state index contributed by atoms with van der Waals surface area (Å²) in [7, 11) is 0. The van der Waals surface area contributed by atoms with Crippen molar-refractivity contribution in [1.29, 1.82) is 0 Å². The predicted octanol–water partition coefficient (Wildman–Crippen LogP) is 1.98. The number of nitrogens with zero attached hydrogens (tertiary/aromatic N) is 1. The van der Waals surface area contributed by atoms with Gasteiger partial charge >= 0.3 is 0 Å². The molecule has 0 radical (unpaired) electrons. The van der Waals surface area contributed by atoms with Crippen molar-refractivity contribution in [2.75, 3.05) is 6.54 Å². The maximum Gasteiger partial charge on any atom is 0.255 e. The number of rotatable bonds is 4. The van der Waals surface area contributed by atoms with Crippen LogP contribution in [0.1, 0.15) is 62.7 Å². The van der Waals surface area contributed by atoms with E-state index in [1.165, 1.54) is 6.42 Å². The average molecular weight is 293 g/mol. The van der Waals surface area contributed by atoms with Crippen molar-refractivity contribution in [2.24, 2.45) is 5.92 Å². The molecule has 0 aliphatic heterocycles. The minimum Gasteiger partial charge on any atom is -0.389 e. The molecule has 0 amide bonds. The van der Waals surface area contributed by atoms with Crippen LogP contribution in [0.25, 0.3) is 0 Å². The number of aromatic amines is 1. The number of H-pyrrole nitrogens is 1. The zero-order chi connectivity index (χ0) is 15.6. The van der Waals surface area contributed by atoms with Crippen LogP contribution < -0.4 is 10.9 Å². The van der Waals surface area contributed by atoms with Crippen molar-refractivity contribution >= 4 is 0 Å². The Morgan fingerprint density at radius 1 is 1.52 bits per heavy atom. The quantitative estimate of drug-likeness (QED) is 0.793. The molecule has 1 heterocycles. The monoisotopic (exact) mass is 293 g/mol. The lowest BCUT2D eigenvalue weighted by Gasteiger charge is -2.36. The molecule has 1 saturated carbocycles. The van der Waals surface area contributed by atoms with Crippen LogP contribution >= 0.6 is 0 Å². The van der Waals surface area contributed by atoms with Gasteiger partial charge in [0.1, 0.15) is 5.82 Å². The fourth-order valence-electron chi connectivity index (χ4n) is 3.48. The van der Waals surface area contributed by atoms with Crippen LogP contribution in [0, 0.1) is 19.8 Å². The number of aryl methyl sites for hydroxylation is 2. The Labute approximate surface area is 126 Å². The molecule has 21 heavy (non-hydrogen) atoms. The Morgan fingerprint density at radius 3 is 2.86 bits per heavy atom. The molecule has 1 aromatic heterocycles. The summed E-state index contributed by atoms with van der Waals surface area (Å²) in [6, 6.07) is -0.122. The zero-order valence-corrected chi connectivity index (χ0v) is 13.5. The first-order valence-electron chi connectivity index (χ1n) is 7.84. The average Bonchev–Trinajstić information content (AvgIpc) is 2.35. The Balaban J connectivity index is 2.05. The molecule has 118 valence electrons. The van der Waals surface area contributed by atoms with E-state index in [4.69, 9.17) is 0 Å². The largest absolute Gasteiger partial charge is 0.389 e. The summed E-state index contributed by atoms with van der Waals surface area (Å²) >= 11 is 0. The van der Waals surface area contributed by atoms with E-state index in [1.54, 1.807) is 6.92 Å². The van der Waals surface area contributed by atoms with E-state index >= 15 is 0 Å². The third-order valence-electron chi connectivity index (χ3n) is 4.50. The van der Waals surface area contributed by atoms with E-state index in [2.05, 4.69) is 22.2 Å². The molecular weight excluding hydrogens is 266 g/mol. The van der Waals surface area contributed by atoms with E-state index < -0.39 is 5.60 Å². The van der Waals surface area contributed by atoms with Gasteiger partial charge in [-0.3, -0.25) is 4.79 Å². The van der Waals surface area contributed by atoms with Gasteiger partial charge in [-0.1, -0.05) is 19.8 Å². The van der Waals surface area contributed by atoms with Crippen molar-refractivity contribution in [3.8, 4) is 0 Å². The molecule has 5 nitrogen and oxygen atoms in total. The maximum atomic E-state index is 12.1. The highest BCUT2D eigenvalue weighted by molar-refractivity contribution is 5.20. The molecule has 3 atom stereocenters. The standard InChI is InChI=1S/C16H27N3O2/c1-10-6-5-7-16(21,8-10)9-17-11(2)14-12(3)18-13(4)19-15(14)20/h10-11,17,21H,5-9H2,1-4H3,(H,18,19,20). The van der Waals surface area contributed by atoms with Crippen LogP contribution in [0.5, 0.6) is 0 Å². The molecule has 3 N–H and O–H groups in total. The molecule has 2 rings (SSSR count). The van der Waals surface area contributed by atoms with Gasteiger partial charge in [-0.15, -0.1) is 0 Å². The molecule has 3 unspecified atom stereocenters. The van der Waals surface area contributed by atoms with Crippen molar-refractivity contribution in [2.45, 2.75) is 65.0 Å². The van der Waals surface area contributed by atoms with Gasteiger partial charge in [-0.05, 0) is 39.5 Å². The van der Waals surface area contributed by atoms with Gasteiger partial charge in [0, 0.05) is 18.3 Å². The van der Waals surface area contributed by atoms with Gasteiger partial charge < -0.3 is 15.4 Å². The topological polar surface area (TPSA) is 78.0 Å². The number of hydrogen-bond acceptors (Lipinski definition) is 4. The highest BCUT2D eigenvalue weighted by Crippen LogP contribution is 2.32. The van der Waals surface area contributed by atoms with Crippen molar-refractivity contribution in [3.05, 3.63) is 27.4 Å². The highest BCUT2D eigenvalue weighted by atomic mass is 16.3. The molecule has 1 aliphatic rings. The van der Waals surface area contributed by atoms with Crippen LogP contribution in [-0.2, 0) is 0 Å². The third-order valence-corrected chi connectivity index (χ3v) is 4.50. The van der Waals surface area contributed by atoms with Gasteiger partial charge in [0.2, 0.25) is 0 Å². The van der Waals surface area contributed by atoms with Gasteiger partial charge in [0.15, 0.2) is 0 Å². The first-order valence-corrected chi connectivity index (χ1v) is 7.84. The Bertz CT molecular complexity index is 555. The summed E-state index contributed by atoms with van der Waals surface area (Å²) < 4.78 is 0. The molecule has 5 heteroatoms. The predicted molar refractivity (Wildman–Crippen MR) is 83.3 cm³/mol. The van der Waals surface area contributed by atoms with Crippen molar-refractivity contribution in [1.82, 2.24) is 15.3 Å². The summed E-state index contributed by atoms with van der Waals surface area (Å²) in [5, 5.41) is 14.0. The lowest BCUT2D eigenvalue weighted by atomic mass is 9.79. The van der Waals surface area contributed by atoms with Gasteiger partial charge in [0.05, 0.1) is 11.2 Å². The van der Waals surface area contributed by atoms with Crippen LogP contribution in [0.4, 0.5) is 0 Å². The fourth-order valence-corrected chi connectivity index (χ4v) is 3.48. The first-order chi connectivity index (χ1) is 9.81. The van der Waals surface area contributed by atoms with E-state index in [9.17, 15) is 9.90 Å². The molecular formula is C16H27N3O2. The number of nitrogens with one attached hydrogen (secondary N) is 2. The van der Waals surface area contributed by atoms with Crippen molar-refractivity contribution in [3.63, 3.8) is 0 Å². The van der Waals surface area contributed by atoms with Gasteiger partial charge in [-0.25, -0.2) is 4.98 Å². The molecule has 0 spiro atoms. The van der Waals surface area contributed by atoms with E-state index in [0.29, 0.717) is 23.9 Å².